The van der Waals surface area contributed by atoms with Crippen molar-refractivity contribution in [2.24, 2.45) is 5.73 Å². The molecule has 0 amide bonds. The fraction of sp³-hybridized carbons (Fsp3) is 0.429. The lowest BCUT2D eigenvalue weighted by molar-refractivity contribution is 0.278. The third-order valence-electron chi connectivity index (χ3n) is 2.96. The highest BCUT2D eigenvalue weighted by Crippen LogP contribution is 2.27. The van der Waals surface area contributed by atoms with Crippen molar-refractivity contribution in [2.45, 2.75) is 39.5 Å². The lowest BCUT2D eigenvalue weighted by Gasteiger charge is -2.15. The highest BCUT2D eigenvalue weighted by atomic mass is 35.5. The smallest absolute Gasteiger partial charge is 0.165 e. The Morgan fingerprint density at radius 3 is 2.75 bits per heavy atom. The van der Waals surface area contributed by atoms with Gasteiger partial charge in [-0.15, -0.1) is 0 Å². The molecule has 1 unspecified atom stereocenters. The number of nitrogens with zero attached hydrogens (tertiary/aromatic N) is 3. The monoisotopic (exact) mass is 294 g/mol. The van der Waals surface area contributed by atoms with Crippen LogP contribution in [-0.4, -0.2) is 14.8 Å². The van der Waals surface area contributed by atoms with E-state index in [2.05, 4.69) is 10.1 Å². The number of hydrogen-bond donors (Lipinski definition) is 1. The molecule has 2 N–H and O–H groups in total. The number of nitrogens with two attached hydrogens (primary N) is 1. The number of aromatic nitrogens is 3. The van der Waals surface area contributed by atoms with Gasteiger partial charge >= 0.3 is 0 Å². The van der Waals surface area contributed by atoms with E-state index < -0.39 is 0 Å². The van der Waals surface area contributed by atoms with Crippen molar-refractivity contribution in [3.8, 4) is 5.75 Å². The predicted molar refractivity (Wildman–Crippen MR) is 78.8 cm³/mol. The van der Waals surface area contributed by atoms with Crippen LogP contribution in [0.3, 0.4) is 0 Å². The molecule has 0 aliphatic rings. The molecule has 0 radical (unpaired) electrons. The van der Waals surface area contributed by atoms with Crippen LogP contribution in [0.1, 0.15) is 44.2 Å². The molecule has 0 saturated carbocycles. The van der Waals surface area contributed by atoms with Crippen LogP contribution in [0.25, 0.3) is 0 Å². The summed E-state index contributed by atoms with van der Waals surface area (Å²) in [6.07, 6.45) is 1.53. The molecular formula is C14H19ClN4O. The summed E-state index contributed by atoms with van der Waals surface area (Å²) in [6, 6.07) is 5.54. The van der Waals surface area contributed by atoms with Gasteiger partial charge in [-0.05, 0) is 39.0 Å². The van der Waals surface area contributed by atoms with Gasteiger partial charge in [0.15, 0.2) is 5.82 Å². The molecule has 1 heterocycles. The van der Waals surface area contributed by atoms with Gasteiger partial charge in [-0.1, -0.05) is 11.6 Å². The van der Waals surface area contributed by atoms with E-state index in [0.717, 1.165) is 17.1 Å². The summed E-state index contributed by atoms with van der Waals surface area (Å²) in [6.45, 7) is 6.34. The molecule has 2 aromatic rings. The zero-order valence-electron chi connectivity index (χ0n) is 11.9. The summed E-state index contributed by atoms with van der Waals surface area (Å²) in [5.74, 6) is 1.51. The average Bonchev–Trinajstić information content (AvgIpc) is 2.85. The van der Waals surface area contributed by atoms with Crippen LogP contribution < -0.4 is 10.5 Å². The van der Waals surface area contributed by atoms with E-state index in [-0.39, 0.29) is 12.1 Å². The van der Waals surface area contributed by atoms with E-state index >= 15 is 0 Å². The fourth-order valence-corrected chi connectivity index (χ4v) is 2.14. The molecule has 6 heteroatoms. The molecule has 20 heavy (non-hydrogen) atoms. The van der Waals surface area contributed by atoms with Gasteiger partial charge in [0.2, 0.25) is 0 Å². The van der Waals surface area contributed by atoms with Gasteiger partial charge in [0.1, 0.15) is 18.7 Å². The molecule has 0 fully saturated rings. The second-order valence-corrected chi connectivity index (χ2v) is 5.41. The zero-order chi connectivity index (χ0) is 14.7. The topological polar surface area (TPSA) is 66.0 Å². The van der Waals surface area contributed by atoms with Crippen LogP contribution in [0, 0.1) is 0 Å². The third kappa shape index (κ3) is 3.29. The maximum atomic E-state index is 5.99. The van der Waals surface area contributed by atoms with Crippen LogP contribution in [0.5, 0.6) is 5.75 Å². The van der Waals surface area contributed by atoms with Crippen LogP contribution in [0.15, 0.2) is 24.5 Å². The lowest BCUT2D eigenvalue weighted by Crippen LogP contribution is -2.12. The number of hydrogen-bond acceptors (Lipinski definition) is 4. The first kappa shape index (κ1) is 14.8. The summed E-state index contributed by atoms with van der Waals surface area (Å²) < 4.78 is 7.66. The van der Waals surface area contributed by atoms with Gasteiger partial charge in [0.05, 0.1) is 0 Å². The number of ether oxygens (including phenoxy) is 1. The molecule has 0 aliphatic heterocycles. The Morgan fingerprint density at radius 1 is 1.35 bits per heavy atom. The van der Waals surface area contributed by atoms with Crippen molar-refractivity contribution in [3.63, 3.8) is 0 Å². The van der Waals surface area contributed by atoms with Crippen molar-refractivity contribution >= 4 is 11.6 Å². The van der Waals surface area contributed by atoms with E-state index in [1.165, 1.54) is 6.33 Å². The summed E-state index contributed by atoms with van der Waals surface area (Å²) in [5.41, 5.74) is 6.82. The van der Waals surface area contributed by atoms with Crippen LogP contribution in [0.2, 0.25) is 5.02 Å². The lowest BCUT2D eigenvalue weighted by atomic mass is 10.1. The number of benzene rings is 1. The van der Waals surface area contributed by atoms with Crippen molar-refractivity contribution < 1.29 is 4.74 Å². The molecule has 1 aromatic heterocycles. The Morgan fingerprint density at radius 2 is 2.10 bits per heavy atom. The third-order valence-corrected chi connectivity index (χ3v) is 3.19. The first-order valence-corrected chi connectivity index (χ1v) is 6.93. The quantitative estimate of drug-likeness (QED) is 0.920. The van der Waals surface area contributed by atoms with Gasteiger partial charge in [0.25, 0.3) is 0 Å². The van der Waals surface area contributed by atoms with E-state index in [1.54, 1.807) is 6.07 Å². The van der Waals surface area contributed by atoms with Gasteiger partial charge in [-0.3, -0.25) is 0 Å². The predicted octanol–water partition coefficient (Wildman–Crippen LogP) is 3.11. The molecule has 2 rings (SSSR count). The Kier molecular flexibility index (Phi) is 4.62. The van der Waals surface area contributed by atoms with Crippen LogP contribution in [-0.2, 0) is 6.61 Å². The maximum absolute atomic E-state index is 5.99. The van der Waals surface area contributed by atoms with E-state index in [9.17, 15) is 0 Å². The molecule has 0 aliphatic carbocycles. The molecule has 0 bridgehead atoms. The second kappa shape index (κ2) is 6.24. The van der Waals surface area contributed by atoms with E-state index in [4.69, 9.17) is 22.1 Å². The molecular weight excluding hydrogens is 276 g/mol. The van der Waals surface area contributed by atoms with E-state index in [0.29, 0.717) is 11.6 Å². The van der Waals surface area contributed by atoms with Crippen molar-refractivity contribution in [1.82, 2.24) is 14.8 Å². The Labute approximate surface area is 123 Å². The SMILES string of the molecule is CC(N)c1cc(Cl)ccc1OCc1ncnn1C(C)C. The number of halogens is 1. The standard InChI is InChI=1S/C14H19ClN4O/c1-9(2)19-14(17-8-18-19)7-20-13-5-4-11(15)6-12(13)10(3)16/h4-6,8-10H,7,16H2,1-3H3. The van der Waals surface area contributed by atoms with Gasteiger partial charge in [-0.2, -0.15) is 5.10 Å². The summed E-state index contributed by atoms with van der Waals surface area (Å²) in [5, 5.41) is 4.83. The van der Waals surface area contributed by atoms with Crippen molar-refractivity contribution in [1.29, 1.82) is 0 Å². The molecule has 5 nitrogen and oxygen atoms in total. The molecule has 0 spiro atoms. The first-order chi connectivity index (χ1) is 9.49. The molecule has 1 aromatic carbocycles. The van der Waals surface area contributed by atoms with Gasteiger partial charge < -0.3 is 10.5 Å². The summed E-state index contributed by atoms with van der Waals surface area (Å²) in [4.78, 5) is 4.21. The second-order valence-electron chi connectivity index (χ2n) is 4.97. The molecule has 1 atom stereocenters. The Hall–Kier alpha value is -1.59. The fourth-order valence-electron chi connectivity index (χ4n) is 1.96. The largest absolute Gasteiger partial charge is 0.485 e. The zero-order valence-corrected chi connectivity index (χ0v) is 12.6. The van der Waals surface area contributed by atoms with Crippen molar-refractivity contribution in [3.05, 3.63) is 40.9 Å². The first-order valence-electron chi connectivity index (χ1n) is 6.55. The maximum Gasteiger partial charge on any atom is 0.165 e. The highest BCUT2D eigenvalue weighted by molar-refractivity contribution is 6.30. The number of rotatable bonds is 5. The summed E-state index contributed by atoms with van der Waals surface area (Å²) >= 11 is 5.99. The van der Waals surface area contributed by atoms with Crippen LogP contribution >= 0.6 is 11.6 Å². The normalized spacial score (nSPS) is 12.7. The van der Waals surface area contributed by atoms with Gasteiger partial charge in [-0.25, -0.2) is 9.67 Å². The molecule has 0 saturated heterocycles. The average molecular weight is 295 g/mol. The Bertz CT molecular complexity index is 580. The summed E-state index contributed by atoms with van der Waals surface area (Å²) in [7, 11) is 0. The van der Waals surface area contributed by atoms with Crippen LogP contribution in [0.4, 0.5) is 0 Å². The van der Waals surface area contributed by atoms with Crippen molar-refractivity contribution in [2.75, 3.05) is 0 Å². The van der Waals surface area contributed by atoms with E-state index in [1.807, 2.05) is 37.6 Å². The minimum Gasteiger partial charge on any atom is -0.485 e. The molecule has 108 valence electrons. The Balaban J connectivity index is 2.17. The minimum atomic E-state index is -0.147. The minimum absolute atomic E-state index is 0.147. The van der Waals surface area contributed by atoms with Gasteiger partial charge in [0, 0.05) is 22.7 Å². The highest BCUT2D eigenvalue weighted by Gasteiger charge is 2.12.